The average Bonchev–Trinajstić information content (AvgIpc) is 3.14. The van der Waals surface area contributed by atoms with Crippen LogP contribution in [0.3, 0.4) is 0 Å². The lowest BCUT2D eigenvalue weighted by Gasteiger charge is -2.27. The third-order valence-electron chi connectivity index (χ3n) is 4.92. The molecule has 0 unspecified atom stereocenters. The molecule has 168 valence electrons. The van der Waals surface area contributed by atoms with Gasteiger partial charge in [0.05, 0.1) is 28.5 Å². The Balaban J connectivity index is 1.63. The number of halogens is 4. The highest BCUT2D eigenvalue weighted by molar-refractivity contribution is 6.32. The van der Waals surface area contributed by atoms with Crippen LogP contribution < -0.4 is 10.5 Å². The molecular formula is C20H15ClF3N3O5. The number of carbonyl (C=O) groups is 1. The van der Waals surface area contributed by atoms with Gasteiger partial charge < -0.3 is 30.1 Å². The van der Waals surface area contributed by atoms with Gasteiger partial charge in [0.25, 0.3) is 5.91 Å². The molecule has 0 saturated heterocycles. The smallest absolute Gasteiger partial charge is 0.507 e. The van der Waals surface area contributed by atoms with Gasteiger partial charge >= 0.3 is 6.36 Å². The van der Waals surface area contributed by atoms with E-state index in [-0.39, 0.29) is 52.2 Å². The number of nitrogen functional groups attached to an aromatic ring is 1. The molecule has 2 aromatic carbocycles. The van der Waals surface area contributed by atoms with E-state index in [0.717, 1.165) is 18.2 Å². The van der Waals surface area contributed by atoms with Crippen LogP contribution in [-0.2, 0) is 13.0 Å². The van der Waals surface area contributed by atoms with Gasteiger partial charge in [-0.3, -0.25) is 4.79 Å². The van der Waals surface area contributed by atoms with Gasteiger partial charge in [0.1, 0.15) is 11.5 Å². The van der Waals surface area contributed by atoms with E-state index in [4.69, 9.17) is 21.9 Å². The van der Waals surface area contributed by atoms with Crippen LogP contribution in [0, 0.1) is 0 Å². The summed E-state index contributed by atoms with van der Waals surface area (Å²) < 4.78 is 47.0. The monoisotopic (exact) mass is 469 g/mol. The van der Waals surface area contributed by atoms with Crippen LogP contribution >= 0.6 is 11.6 Å². The highest BCUT2D eigenvalue weighted by atomic mass is 35.5. The van der Waals surface area contributed by atoms with Crippen molar-refractivity contribution in [2.75, 3.05) is 12.3 Å². The molecule has 1 aromatic heterocycles. The molecule has 1 aliphatic heterocycles. The van der Waals surface area contributed by atoms with E-state index in [1.807, 2.05) is 0 Å². The SMILES string of the molecule is Nc1ccc(C(=O)N2CCc3noc(-c4cc(Cl)c(O)cc4O)c3C2)cc1OC(F)(F)F. The normalized spacial score (nSPS) is 13.7. The zero-order valence-electron chi connectivity index (χ0n) is 16.1. The summed E-state index contributed by atoms with van der Waals surface area (Å²) in [5, 5.41) is 23.8. The van der Waals surface area contributed by atoms with Gasteiger partial charge in [-0.1, -0.05) is 16.8 Å². The quantitative estimate of drug-likeness (QED) is 0.494. The Hall–Kier alpha value is -3.60. The fourth-order valence-electron chi connectivity index (χ4n) is 3.39. The second-order valence-corrected chi connectivity index (χ2v) is 7.44. The van der Waals surface area contributed by atoms with E-state index in [9.17, 15) is 28.2 Å². The minimum atomic E-state index is -4.96. The van der Waals surface area contributed by atoms with E-state index >= 15 is 0 Å². The summed E-state index contributed by atoms with van der Waals surface area (Å²) in [4.78, 5) is 14.4. The second kappa shape index (κ2) is 7.83. The number of hydrogen-bond acceptors (Lipinski definition) is 7. The molecule has 12 heteroatoms. The minimum absolute atomic E-state index is 0.0186. The van der Waals surface area contributed by atoms with Crippen molar-refractivity contribution >= 4 is 23.2 Å². The number of aromatic nitrogens is 1. The maximum atomic E-state index is 13.0. The number of hydrogen-bond donors (Lipinski definition) is 3. The van der Waals surface area contributed by atoms with Gasteiger partial charge in [0.15, 0.2) is 11.5 Å². The molecule has 0 bridgehead atoms. The zero-order valence-corrected chi connectivity index (χ0v) is 16.9. The van der Waals surface area contributed by atoms with Crippen molar-refractivity contribution in [2.45, 2.75) is 19.3 Å². The number of phenols is 2. The van der Waals surface area contributed by atoms with Crippen molar-refractivity contribution < 1.29 is 37.4 Å². The molecule has 0 fully saturated rings. The van der Waals surface area contributed by atoms with E-state index < -0.39 is 18.0 Å². The number of ether oxygens (including phenoxy) is 1. The lowest BCUT2D eigenvalue weighted by molar-refractivity contribution is -0.274. The maximum absolute atomic E-state index is 13.0. The van der Waals surface area contributed by atoms with E-state index in [2.05, 4.69) is 9.89 Å². The van der Waals surface area contributed by atoms with Crippen LogP contribution in [0.5, 0.6) is 17.2 Å². The molecule has 0 aliphatic carbocycles. The standard InChI is InChI=1S/C20H15ClF3N3O5/c21-12-6-10(15(28)7-16(12)29)18-11-8-27(4-3-14(11)26-32-18)19(30)9-1-2-13(25)17(5-9)31-20(22,23)24/h1-2,5-7,28-29H,3-4,8,25H2. The van der Waals surface area contributed by atoms with Crippen LogP contribution in [0.1, 0.15) is 21.6 Å². The molecular weight excluding hydrogens is 455 g/mol. The maximum Gasteiger partial charge on any atom is 0.573 e. The Morgan fingerprint density at radius 2 is 1.97 bits per heavy atom. The highest BCUT2D eigenvalue weighted by Gasteiger charge is 2.33. The van der Waals surface area contributed by atoms with Crippen LogP contribution in [-0.4, -0.2) is 39.1 Å². The number of aromatic hydroxyl groups is 2. The zero-order chi connectivity index (χ0) is 23.2. The summed E-state index contributed by atoms with van der Waals surface area (Å²) in [6.45, 7) is 0.255. The molecule has 0 spiro atoms. The van der Waals surface area contributed by atoms with Crippen LogP contribution in [0.2, 0.25) is 5.02 Å². The molecule has 0 atom stereocenters. The molecule has 4 N–H and O–H groups in total. The number of carbonyl (C=O) groups excluding carboxylic acids is 1. The summed E-state index contributed by atoms with van der Waals surface area (Å²) in [6, 6.07) is 5.74. The molecule has 8 nitrogen and oxygen atoms in total. The van der Waals surface area contributed by atoms with E-state index in [1.165, 1.54) is 17.0 Å². The van der Waals surface area contributed by atoms with Gasteiger partial charge in [-0.15, -0.1) is 13.2 Å². The molecule has 1 aliphatic rings. The number of nitrogens with zero attached hydrogens (tertiary/aromatic N) is 2. The van der Waals surface area contributed by atoms with E-state index in [0.29, 0.717) is 17.7 Å². The summed E-state index contributed by atoms with van der Waals surface area (Å²) in [6.07, 6.45) is -4.64. The van der Waals surface area contributed by atoms with Gasteiger partial charge in [-0.25, -0.2) is 0 Å². The summed E-state index contributed by atoms with van der Waals surface area (Å²) in [5.41, 5.74) is 6.45. The summed E-state index contributed by atoms with van der Waals surface area (Å²) >= 11 is 5.93. The molecule has 4 rings (SSSR count). The van der Waals surface area contributed by atoms with Crippen molar-refractivity contribution in [1.82, 2.24) is 10.1 Å². The first kappa shape index (κ1) is 21.6. The van der Waals surface area contributed by atoms with Crippen LogP contribution in [0.15, 0.2) is 34.9 Å². The van der Waals surface area contributed by atoms with Gasteiger partial charge in [0, 0.05) is 30.2 Å². The molecule has 32 heavy (non-hydrogen) atoms. The Labute approximate surface area is 183 Å². The number of fused-ring (bicyclic) bond motifs is 1. The molecule has 3 aromatic rings. The van der Waals surface area contributed by atoms with Crippen molar-refractivity contribution in [3.05, 3.63) is 52.2 Å². The summed E-state index contributed by atoms with van der Waals surface area (Å²) in [5.74, 6) is -1.69. The number of amides is 1. The Bertz CT molecular complexity index is 1210. The number of phenolic OH excluding ortho intramolecular Hbond substituents is 2. The number of anilines is 1. The third-order valence-corrected chi connectivity index (χ3v) is 5.22. The van der Waals surface area contributed by atoms with Crippen LogP contribution in [0.25, 0.3) is 11.3 Å². The fraction of sp³-hybridized carbons (Fsp3) is 0.200. The average molecular weight is 470 g/mol. The lowest BCUT2D eigenvalue weighted by atomic mass is 10.00. The van der Waals surface area contributed by atoms with Crippen molar-refractivity contribution in [1.29, 1.82) is 0 Å². The number of nitrogens with two attached hydrogens (primary N) is 1. The highest BCUT2D eigenvalue weighted by Crippen LogP contribution is 2.40. The Kier molecular flexibility index (Phi) is 5.29. The van der Waals surface area contributed by atoms with Crippen molar-refractivity contribution in [3.8, 4) is 28.6 Å². The van der Waals surface area contributed by atoms with Crippen LogP contribution in [0.4, 0.5) is 18.9 Å². The lowest BCUT2D eigenvalue weighted by Crippen LogP contribution is -2.36. The molecule has 2 heterocycles. The molecule has 0 radical (unpaired) electrons. The van der Waals surface area contributed by atoms with Gasteiger partial charge in [-0.05, 0) is 24.3 Å². The molecule has 0 saturated carbocycles. The predicted octanol–water partition coefficient (Wildman–Crippen LogP) is 4.09. The topological polar surface area (TPSA) is 122 Å². The molecule has 1 amide bonds. The second-order valence-electron chi connectivity index (χ2n) is 7.03. The van der Waals surface area contributed by atoms with Crippen molar-refractivity contribution in [3.63, 3.8) is 0 Å². The first-order valence-electron chi connectivity index (χ1n) is 9.17. The number of alkyl halides is 3. The number of benzene rings is 2. The minimum Gasteiger partial charge on any atom is -0.507 e. The number of rotatable bonds is 3. The first-order valence-corrected chi connectivity index (χ1v) is 9.55. The van der Waals surface area contributed by atoms with Gasteiger partial charge in [0.2, 0.25) is 0 Å². The first-order chi connectivity index (χ1) is 15.0. The Morgan fingerprint density at radius 1 is 1.22 bits per heavy atom. The fourth-order valence-corrected chi connectivity index (χ4v) is 3.56. The third kappa shape index (κ3) is 4.11. The largest absolute Gasteiger partial charge is 0.573 e. The van der Waals surface area contributed by atoms with Crippen molar-refractivity contribution in [2.24, 2.45) is 0 Å². The predicted molar refractivity (Wildman–Crippen MR) is 106 cm³/mol. The Morgan fingerprint density at radius 3 is 2.69 bits per heavy atom. The van der Waals surface area contributed by atoms with Gasteiger partial charge in [-0.2, -0.15) is 0 Å². The summed E-state index contributed by atoms with van der Waals surface area (Å²) in [7, 11) is 0. The van der Waals surface area contributed by atoms with E-state index in [1.54, 1.807) is 0 Å².